The highest BCUT2D eigenvalue weighted by Gasteiger charge is 2.07. The second-order valence-corrected chi connectivity index (χ2v) is 3.90. The lowest BCUT2D eigenvalue weighted by atomic mass is 10.2. The molecule has 1 aromatic rings. The fourth-order valence-electron chi connectivity index (χ4n) is 1.45. The lowest BCUT2D eigenvalue weighted by molar-refractivity contribution is -0.137. The summed E-state index contributed by atoms with van der Waals surface area (Å²) >= 11 is 0. The fraction of sp³-hybridized carbons (Fsp3) is 0.308. The zero-order chi connectivity index (χ0) is 12.7. The van der Waals surface area contributed by atoms with Crippen LogP contribution < -0.4 is 0 Å². The minimum absolute atomic E-state index is 0.117. The molecule has 1 atom stereocenters. The summed E-state index contributed by atoms with van der Waals surface area (Å²) in [7, 11) is 0. The Morgan fingerprint density at radius 1 is 1.41 bits per heavy atom. The number of aliphatic hydroxyl groups is 1. The molecule has 0 radical (unpaired) electrons. The molecule has 0 spiro atoms. The molecule has 4 nitrogen and oxygen atoms in total. The van der Waals surface area contributed by atoms with Crippen LogP contribution in [0, 0.1) is 0 Å². The summed E-state index contributed by atoms with van der Waals surface area (Å²) in [5.74, 6) is -0.914. The molecule has 0 heterocycles. The van der Waals surface area contributed by atoms with Crippen LogP contribution in [0.25, 0.3) is 6.08 Å². The van der Waals surface area contributed by atoms with Gasteiger partial charge in [-0.1, -0.05) is 30.3 Å². The van der Waals surface area contributed by atoms with Crippen molar-refractivity contribution in [3.05, 3.63) is 42.1 Å². The van der Waals surface area contributed by atoms with Crippen molar-refractivity contribution in [1.29, 1.82) is 0 Å². The highest BCUT2D eigenvalue weighted by atomic mass is 16.4. The second kappa shape index (κ2) is 6.70. The molecule has 1 unspecified atom stereocenters. The first-order valence-electron chi connectivity index (χ1n) is 5.45. The van der Waals surface area contributed by atoms with Gasteiger partial charge in [-0.25, -0.2) is 0 Å². The highest BCUT2D eigenvalue weighted by molar-refractivity contribution is 5.69. The topological polar surface area (TPSA) is 60.8 Å². The maximum atomic E-state index is 10.6. The van der Waals surface area contributed by atoms with Crippen molar-refractivity contribution in [1.82, 2.24) is 4.90 Å². The molecule has 2 N–H and O–H groups in total. The number of carboxylic acids is 1. The third kappa shape index (κ3) is 5.73. The molecule has 0 aromatic heterocycles. The summed E-state index contributed by atoms with van der Waals surface area (Å²) in [6.07, 6.45) is 2.95. The summed E-state index contributed by atoms with van der Waals surface area (Å²) in [6, 6.07) is 9.60. The van der Waals surface area contributed by atoms with Gasteiger partial charge in [-0.3, -0.25) is 4.79 Å². The van der Waals surface area contributed by atoms with E-state index in [4.69, 9.17) is 5.11 Å². The van der Waals surface area contributed by atoms with Gasteiger partial charge in [0.1, 0.15) is 6.54 Å². The van der Waals surface area contributed by atoms with E-state index in [2.05, 4.69) is 0 Å². The first-order chi connectivity index (χ1) is 8.08. The Balaban J connectivity index is 2.65. The van der Waals surface area contributed by atoms with E-state index < -0.39 is 12.1 Å². The van der Waals surface area contributed by atoms with Gasteiger partial charge >= 0.3 is 5.97 Å². The molecular formula is C13H17NO3. The van der Waals surface area contributed by atoms with Crippen molar-refractivity contribution in [3.63, 3.8) is 0 Å². The van der Waals surface area contributed by atoms with E-state index in [9.17, 15) is 9.90 Å². The summed E-state index contributed by atoms with van der Waals surface area (Å²) in [5.41, 5.74) is 0.994. The number of hydrogen-bond acceptors (Lipinski definition) is 3. The molecule has 1 rings (SSSR count). The Morgan fingerprint density at radius 3 is 2.59 bits per heavy atom. The predicted molar refractivity (Wildman–Crippen MR) is 66.4 cm³/mol. The average Bonchev–Trinajstić information content (AvgIpc) is 2.26. The molecule has 92 valence electrons. The largest absolute Gasteiger partial charge is 0.480 e. The first kappa shape index (κ1) is 13.3. The molecule has 17 heavy (non-hydrogen) atoms. The minimum atomic E-state index is -0.914. The first-order valence-corrected chi connectivity index (χ1v) is 5.45. The molecule has 1 aromatic carbocycles. The van der Waals surface area contributed by atoms with Crippen LogP contribution in [-0.4, -0.2) is 40.3 Å². The van der Waals surface area contributed by atoms with Crippen LogP contribution in [-0.2, 0) is 4.79 Å². The SMILES string of the molecule is CC(O)CN(C=Cc1ccccc1)CC(=O)O. The van der Waals surface area contributed by atoms with E-state index in [1.165, 1.54) is 0 Å². The second-order valence-electron chi connectivity index (χ2n) is 3.90. The smallest absolute Gasteiger partial charge is 0.323 e. The van der Waals surface area contributed by atoms with Crippen molar-refractivity contribution in [2.24, 2.45) is 0 Å². The maximum absolute atomic E-state index is 10.6. The molecule has 0 saturated heterocycles. The van der Waals surface area contributed by atoms with Gasteiger partial charge in [0.2, 0.25) is 0 Å². The molecule has 0 saturated carbocycles. The van der Waals surface area contributed by atoms with E-state index in [0.29, 0.717) is 6.54 Å². The minimum Gasteiger partial charge on any atom is -0.480 e. The number of aliphatic hydroxyl groups excluding tert-OH is 1. The Morgan fingerprint density at radius 2 is 2.06 bits per heavy atom. The van der Waals surface area contributed by atoms with Crippen molar-refractivity contribution >= 4 is 12.0 Å². The molecule has 0 aliphatic rings. The monoisotopic (exact) mass is 235 g/mol. The molecular weight excluding hydrogens is 218 g/mol. The zero-order valence-electron chi connectivity index (χ0n) is 9.78. The van der Waals surface area contributed by atoms with E-state index in [1.807, 2.05) is 36.4 Å². The van der Waals surface area contributed by atoms with Gasteiger partial charge in [0.15, 0.2) is 0 Å². The van der Waals surface area contributed by atoms with Crippen molar-refractivity contribution in [2.75, 3.05) is 13.1 Å². The number of benzene rings is 1. The lowest BCUT2D eigenvalue weighted by Crippen LogP contribution is -2.31. The number of nitrogens with zero attached hydrogens (tertiary/aromatic N) is 1. The van der Waals surface area contributed by atoms with Crippen LogP contribution in [0.2, 0.25) is 0 Å². The third-order valence-corrected chi connectivity index (χ3v) is 2.11. The normalized spacial score (nSPS) is 12.6. The van der Waals surface area contributed by atoms with Gasteiger partial charge in [-0.15, -0.1) is 0 Å². The standard InChI is InChI=1S/C13H17NO3/c1-11(15)9-14(10-13(16)17)8-7-12-5-3-2-4-6-12/h2-8,11,15H,9-10H2,1H3,(H,16,17). The molecule has 0 amide bonds. The number of rotatable bonds is 6. The quantitative estimate of drug-likeness (QED) is 0.783. The van der Waals surface area contributed by atoms with Gasteiger partial charge in [0, 0.05) is 12.7 Å². The average molecular weight is 235 g/mol. The molecule has 4 heteroatoms. The van der Waals surface area contributed by atoms with Gasteiger partial charge in [0.05, 0.1) is 6.10 Å². The van der Waals surface area contributed by atoms with Crippen molar-refractivity contribution < 1.29 is 15.0 Å². The Labute approximate surface area is 101 Å². The maximum Gasteiger partial charge on any atom is 0.323 e. The fourth-order valence-corrected chi connectivity index (χ4v) is 1.45. The number of aliphatic carboxylic acids is 1. The number of hydrogen-bond donors (Lipinski definition) is 2. The summed E-state index contributed by atoms with van der Waals surface area (Å²) in [6.45, 7) is 1.81. The summed E-state index contributed by atoms with van der Waals surface area (Å²) < 4.78 is 0. The molecule has 0 aliphatic carbocycles. The predicted octanol–water partition coefficient (Wildman–Crippen LogP) is 1.42. The summed E-state index contributed by atoms with van der Waals surface area (Å²) in [5, 5.41) is 18.0. The lowest BCUT2D eigenvalue weighted by Gasteiger charge is -2.19. The van der Waals surface area contributed by atoms with Gasteiger partial charge in [-0.2, -0.15) is 0 Å². The van der Waals surface area contributed by atoms with E-state index in [1.54, 1.807) is 18.0 Å². The third-order valence-electron chi connectivity index (χ3n) is 2.11. The van der Waals surface area contributed by atoms with Gasteiger partial charge in [0.25, 0.3) is 0 Å². The van der Waals surface area contributed by atoms with Crippen LogP contribution in [0.1, 0.15) is 12.5 Å². The Hall–Kier alpha value is -1.81. The van der Waals surface area contributed by atoms with Gasteiger partial charge < -0.3 is 15.1 Å². The highest BCUT2D eigenvalue weighted by Crippen LogP contribution is 2.03. The van der Waals surface area contributed by atoms with Crippen LogP contribution in [0.15, 0.2) is 36.5 Å². The van der Waals surface area contributed by atoms with E-state index >= 15 is 0 Å². The Bertz CT molecular complexity index is 374. The molecule has 0 fully saturated rings. The number of carboxylic acid groups (broad SMARTS) is 1. The van der Waals surface area contributed by atoms with Crippen LogP contribution in [0.3, 0.4) is 0 Å². The van der Waals surface area contributed by atoms with Gasteiger partial charge in [-0.05, 0) is 18.6 Å². The summed E-state index contributed by atoms with van der Waals surface area (Å²) in [4.78, 5) is 12.2. The Kier molecular flexibility index (Phi) is 5.23. The van der Waals surface area contributed by atoms with E-state index in [-0.39, 0.29) is 6.54 Å². The molecule has 0 bridgehead atoms. The van der Waals surface area contributed by atoms with Crippen molar-refractivity contribution in [2.45, 2.75) is 13.0 Å². The zero-order valence-corrected chi connectivity index (χ0v) is 9.78. The van der Waals surface area contributed by atoms with Crippen LogP contribution >= 0.6 is 0 Å². The number of carbonyl (C=O) groups is 1. The van der Waals surface area contributed by atoms with Crippen LogP contribution in [0.5, 0.6) is 0 Å². The van der Waals surface area contributed by atoms with Crippen LogP contribution in [0.4, 0.5) is 0 Å². The van der Waals surface area contributed by atoms with Crippen molar-refractivity contribution in [3.8, 4) is 0 Å². The molecule has 0 aliphatic heterocycles. The van der Waals surface area contributed by atoms with E-state index in [0.717, 1.165) is 5.56 Å².